The second kappa shape index (κ2) is 8.95. The highest BCUT2D eigenvalue weighted by molar-refractivity contribution is 7.90. The molecule has 4 heterocycles. The molecule has 3 fully saturated rings. The number of ketones is 1. The first-order valence-corrected chi connectivity index (χ1v) is 13.1. The van der Waals surface area contributed by atoms with Gasteiger partial charge in [0.05, 0.1) is 6.10 Å². The summed E-state index contributed by atoms with van der Waals surface area (Å²) in [4.78, 5) is 36.0. The van der Waals surface area contributed by atoms with Crippen molar-refractivity contribution in [1.29, 1.82) is 0 Å². The summed E-state index contributed by atoms with van der Waals surface area (Å²) in [6.07, 6.45) is 3.75. The van der Waals surface area contributed by atoms with Gasteiger partial charge in [0.2, 0.25) is 20.9 Å². The molecule has 0 aliphatic carbocycles. The largest absolute Gasteiger partial charge is 0.439 e. The van der Waals surface area contributed by atoms with E-state index in [1.807, 2.05) is 21.9 Å². The Morgan fingerprint density at radius 2 is 1.88 bits per heavy atom. The molecule has 10 nitrogen and oxygen atoms in total. The summed E-state index contributed by atoms with van der Waals surface area (Å²) in [5.74, 6) is 1.14. The molecule has 1 aromatic heterocycles. The van der Waals surface area contributed by atoms with Gasteiger partial charge in [-0.25, -0.2) is 18.2 Å². The quantitative estimate of drug-likeness (QED) is 0.601. The second-order valence-electron chi connectivity index (χ2n) is 9.09. The number of benzene rings is 1. The summed E-state index contributed by atoms with van der Waals surface area (Å²) in [5.41, 5.74) is 1.10. The number of nitrogens with zero attached hydrogens (tertiary/aromatic N) is 4. The highest BCUT2D eigenvalue weighted by Gasteiger charge is 2.40. The molecule has 0 radical (unpaired) electrons. The number of amides is 2. The average Bonchev–Trinajstić information content (AvgIpc) is 2.78. The summed E-state index contributed by atoms with van der Waals surface area (Å²) in [6.45, 7) is 2.72. The number of ether oxygens (including phenoxy) is 2. The number of carbonyl (C=O) groups is 2. The third-order valence-corrected chi connectivity index (χ3v) is 7.41. The van der Waals surface area contributed by atoms with Crippen LogP contribution in [0.4, 0.5) is 4.79 Å². The molecule has 34 heavy (non-hydrogen) atoms. The SMILES string of the molecule is CS(=O)(=O)c1nccc(Oc2ccc(C3CN(C(=O)N4CC[C@@H]5OCC(=O)C[C@@H]5C4)C3)cc2)n1. The smallest absolute Gasteiger partial charge is 0.320 e. The molecule has 0 spiro atoms. The Morgan fingerprint density at radius 3 is 2.62 bits per heavy atom. The standard InChI is InChI=1S/C23H26N4O6S/c1-34(30,31)22-24-8-6-21(25-22)33-19-4-2-15(3-5-19)17-12-27(13-17)23(29)26-9-7-20-16(11-26)10-18(28)14-32-20/h2-6,8,16-17,20H,7,9-14H2,1H3/t16-,20+/m1/s1. The van der Waals surface area contributed by atoms with Crippen molar-refractivity contribution in [2.75, 3.05) is 39.0 Å². The van der Waals surface area contributed by atoms with E-state index < -0.39 is 9.84 Å². The van der Waals surface area contributed by atoms with E-state index in [2.05, 4.69) is 9.97 Å². The van der Waals surface area contributed by atoms with Crippen molar-refractivity contribution < 1.29 is 27.5 Å². The molecule has 3 aliphatic heterocycles. The minimum Gasteiger partial charge on any atom is -0.439 e. The van der Waals surface area contributed by atoms with E-state index in [1.54, 1.807) is 12.1 Å². The predicted octanol–water partition coefficient (Wildman–Crippen LogP) is 1.87. The van der Waals surface area contributed by atoms with Gasteiger partial charge in [0.1, 0.15) is 12.4 Å². The molecule has 0 bridgehead atoms. The summed E-state index contributed by atoms with van der Waals surface area (Å²) in [7, 11) is -3.52. The lowest BCUT2D eigenvalue weighted by Gasteiger charge is -2.46. The summed E-state index contributed by atoms with van der Waals surface area (Å²) < 4.78 is 34.5. The van der Waals surface area contributed by atoms with Crippen LogP contribution in [0.1, 0.15) is 24.3 Å². The van der Waals surface area contributed by atoms with Crippen molar-refractivity contribution in [1.82, 2.24) is 19.8 Å². The number of aromatic nitrogens is 2. The lowest BCUT2D eigenvalue weighted by molar-refractivity contribution is -0.140. The van der Waals surface area contributed by atoms with Gasteiger partial charge in [-0.05, 0) is 24.1 Å². The molecule has 2 aromatic rings. The Hall–Kier alpha value is -3.05. The van der Waals surface area contributed by atoms with E-state index in [0.717, 1.165) is 18.2 Å². The lowest BCUT2D eigenvalue weighted by atomic mass is 9.87. The summed E-state index contributed by atoms with van der Waals surface area (Å²) >= 11 is 0. The topological polar surface area (TPSA) is 119 Å². The van der Waals surface area contributed by atoms with Gasteiger partial charge >= 0.3 is 6.03 Å². The van der Waals surface area contributed by atoms with Crippen LogP contribution < -0.4 is 4.74 Å². The van der Waals surface area contributed by atoms with E-state index in [9.17, 15) is 18.0 Å². The zero-order chi connectivity index (χ0) is 23.9. The molecular formula is C23H26N4O6S. The Bertz CT molecular complexity index is 1200. The van der Waals surface area contributed by atoms with Gasteiger partial charge in [0.25, 0.3) is 0 Å². The number of carbonyl (C=O) groups excluding carboxylic acids is 2. The number of fused-ring (bicyclic) bond motifs is 1. The summed E-state index contributed by atoms with van der Waals surface area (Å²) in [6, 6.07) is 9.00. The van der Waals surface area contributed by atoms with E-state index in [0.29, 0.717) is 38.3 Å². The van der Waals surface area contributed by atoms with Gasteiger partial charge in [-0.15, -0.1) is 0 Å². The van der Waals surface area contributed by atoms with Crippen LogP contribution in [0, 0.1) is 5.92 Å². The maximum absolute atomic E-state index is 12.9. The zero-order valence-corrected chi connectivity index (χ0v) is 19.6. The number of hydrogen-bond acceptors (Lipinski definition) is 8. The van der Waals surface area contributed by atoms with Gasteiger partial charge in [-0.3, -0.25) is 4.79 Å². The van der Waals surface area contributed by atoms with Crippen molar-refractivity contribution in [3.05, 3.63) is 42.1 Å². The van der Waals surface area contributed by atoms with E-state index in [-0.39, 0.29) is 47.4 Å². The Morgan fingerprint density at radius 1 is 1.12 bits per heavy atom. The molecule has 3 saturated heterocycles. The minimum atomic E-state index is -3.52. The van der Waals surface area contributed by atoms with Crippen LogP contribution in [-0.2, 0) is 19.4 Å². The number of Topliss-reactive ketones (excluding diaryl/α,β-unsaturated/α-hetero) is 1. The highest BCUT2D eigenvalue weighted by atomic mass is 32.2. The van der Waals surface area contributed by atoms with Crippen LogP contribution in [0.5, 0.6) is 11.6 Å². The van der Waals surface area contributed by atoms with Crippen LogP contribution in [0.25, 0.3) is 0 Å². The average molecular weight is 487 g/mol. The van der Waals surface area contributed by atoms with Gasteiger partial charge in [0.15, 0.2) is 5.78 Å². The lowest BCUT2D eigenvalue weighted by Crippen LogP contribution is -2.58. The molecule has 2 amide bonds. The fraction of sp³-hybridized carbons (Fsp3) is 0.478. The van der Waals surface area contributed by atoms with Gasteiger partial charge < -0.3 is 19.3 Å². The maximum atomic E-state index is 12.9. The third-order valence-electron chi connectivity index (χ3n) is 6.55. The number of piperidine rings is 1. The van der Waals surface area contributed by atoms with Crippen molar-refractivity contribution in [3.63, 3.8) is 0 Å². The number of likely N-dealkylation sites (tertiary alicyclic amines) is 2. The first-order chi connectivity index (χ1) is 16.3. The first-order valence-electron chi connectivity index (χ1n) is 11.2. The van der Waals surface area contributed by atoms with Crippen molar-refractivity contribution >= 4 is 21.7 Å². The van der Waals surface area contributed by atoms with Gasteiger partial charge in [0, 0.05) is 63.0 Å². The molecule has 0 saturated carbocycles. The van der Waals surface area contributed by atoms with Gasteiger partial charge in [-0.2, -0.15) is 4.98 Å². The van der Waals surface area contributed by atoms with Crippen LogP contribution in [0.3, 0.4) is 0 Å². The minimum absolute atomic E-state index is 0.0260. The van der Waals surface area contributed by atoms with Crippen molar-refractivity contribution in [2.24, 2.45) is 5.92 Å². The maximum Gasteiger partial charge on any atom is 0.320 e. The zero-order valence-electron chi connectivity index (χ0n) is 18.8. The van der Waals surface area contributed by atoms with Crippen LogP contribution in [0.2, 0.25) is 0 Å². The predicted molar refractivity (Wildman–Crippen MR) is 120 cm³/mol. The molecule has 0 unspecified atom stereocenters. The van der Waals surface area contributed by atoms with E-state index in [4.69, 9.17) is 9.47 Å². The number of urea groups is 1. The normalized spacial score (nSPS) is 23.3. The molecule has 2 atom stereocenters. The van der Waals surface area contributed by atoms with Gasteiger partial charge in [-0.1, -0.05) is 12.1 Å². The van der Waals surface area contributed by atoms with Crippen LogP contribution >= 0.6 is 0 Å². The van der Waals surface area contributed by atoms with Crippen molar-refractivity contribution in [3.8, 4) is 11.6 Å². The van der Waals surface area contributed by atoms with Crippen LogP contribution in [-0.4, -0.2) is 85.1 Å². The highest BCUT2D eigenvalue weighted by Crippen LogP contribution is 2.32. The number of rotatable bonds is 4. The number of sulfone groups is 1. The third kappa shape index (κ3) is 4.76. The molecule has 11 heteroatoms. The molecular weight excluding hydrogens is 460 g/mol. The Kier molecular flexibility index (Phi) is 5.98. The van der Waals surface area contributed by atoms with E-state index in [1.165, 1.54) is 12.3 Å². The fourth-order valence-electron chi connectivity index (χ4n) is 4.69. The monoisotopic (exact) mass is 486 g/mol. The molecule has 3 aliphatic rings. The fourth-order valence-corrected chi connectivity index (χ4v) is 5.19. The molecule has 1 aromatic carbocycles. The second-order valence-corrected chi connectivity index (χ2v) is 11.0. The van der Waals surface area contributed by atoms with E-state index >= 15 is 0 Å². The molecule has 5 rings (SSSR count). The molecule has 180 valence electrons. The van der Waals surface area contributed by atoms with Crippen molar-refractivity contribution in [2.45, 2.75) is 30.0 Å². The number of hydrogen-bond donors (Lipinski definition) is 0. The first kappa shape index (κ1) is 22.7. The Labute approximate surface area is 197 Å². The molecule has 0 N–H and O–H groups in total. The summed E-state index contributed by atoms with van der Waals surface area (Å²) in [5, 5.41) is -0.285. The Balaban J connectivity index is 1.14. The van der Waals surface area contributed by atoms with Crippen LogP contribution in [0.15, 0.2) is 41.7 Å².